The largest absolute Gasteiger partial charge is 0.346 e. The van der Waals surface area contributed by atoms with Gasteiger partial charge in [-0.2, -0.15) is 0 Å². The number of carbonyl (C=O) groups is 2. The first-order valence-electron chi connectivity index (χ1n) is 8.57. The molecule has 1 aliphatic heterocycles. The van der Waals surface area contributed by atoms with Gasteiger partial charge in [-0.3, -0.25) is 14.5 Å². The molecule has 2 N–H and O–H groups in total. The average molecular weight is 392 g/mol. The van der Waals surface area contributed by atoms with E-state index in [1.165, 1.54) is 10.4 Å². The zero-order valence-corrected chi connectivity index (χ0v) is 16.4. The fourth-order valence-corrected chi connectivity index (χ4v) is 4.27. The number of anilines is 1. The first kappa shape index (κ1) is 18.9. The number of fused-ring (bicyclic) bond motifs is 1. The average Bonchev–Trinajstić information content (AvgIpc) is 3.09. The summed E-state index contributed by atoms with van der Waals surface area (Å²) in [4.78, 5) is 27.9. The molecule has 0 saturated carbocycles. The molecule has 1 aliphatic rings. The third kappa shape index (κ3) is 4.26. The normalized spacial score (nSPS) is 16.8. The molecule has 1 aromatic heterocycles. The number of hydrogen-bond donors (Lipinski definition) is 2. The lowest BCUT2D eigenvalue weighted by Crippen LogP contribution is -2.43. The van der Waals surface area contributed by atoms with Crippen molar-refractivity contribution in [2.45, 2.75) is 26.3 Å². The molecule has 0 bridgehead atoms. The molecule has 0 fully saturated rings. The van der Waals surface area contributed by atoms with Gasteiger partial charge < -0.3 is 10.6 Å². The fraction of sp³-hybridized carbons (Fsp3) is 0.368. The Kier molecular flexibility index (Phi) is 5.96. The first-order valence-corrected chi connectivity index (χ1v) is 9.83. The molecule has 0 saturated heterocycles. The molecule has 1 unspecified atom stereocenters. The topological polar surface area (TPSA) is 61.4 Å². The van der Waals surface area contributed by atoms with Crippen LogP contribution >= 0.6 is 22.9 Å². The molecule has 3 rings (SSSR count). The highest BCUT2D eigenvalue weighted by Crippen LogP contribution is 2.32. The van der Waals surface area contributed by atoms with Crippen LogP contribution in [0.1, 0.15) is 29.0 Å². The second-order valence-corrected chi connectivity index (χ2v) is 7.84. The van der Waals surface area contributed by atoms with Crippen LogP contribution in [0.2, 0.25) is 5.02 Å². The van der Waals surface area contributed by atoms with Crippen molar-refractivity contribution >= 4 is 40.4 Å². The van der Waals surface area contributed by atoms with E-state index in [4.69, 9.17) is 11.6 Å². The molecule has 1 aromatic carbocycles. The maximum absolute atomic E-state index is 12.2. The second kappa shape index (κ2) is 8.20. The van der Waals surface area contributed by atoms with Crippen LogP contribution in [0.15, 0.2) is 29.6 Å². The molecule has 26 heavy (non-hydrogen) atoms. The number of carbonyl (C=O) groups excluding carboxylic acids is 2. The summed E-state index contributed by atoms with van der Waals surface area (Å²) in [5.41, 5.74) is 2.78. The lowest BCUT2D eigenvalue weighted by atomic mass is 10.0. The Bertz CT molecular complexity index is 821. The van der Waals surface area contributed by atoms with E-state index in [-0.39, 0.29) is 24.4 Å². The van der Waals surface area contributed by atoms with Crippen molar-refractivity contribution in [3.05, 3.63) is 50.7 Å². The number of halogens is 1. The third-order valence-electron chi connectivity index (χ3n) is 4.74. The zero-order chi connectivity index (χ0) is 18.7. The molecule has 0 spiro atoms. The van der Waals surface area contributed by atoms with Gasteiger partial charge in [-0.1, -0.05) is 17.7 Å². The maximum atomic E-state index is 12.2. The molecular weight excluding hydrogens is 370 g/mol. The Balaban J connectivity index is 1.48. The quantitative estimate of drug-likeness (QED) is 0.821. The molecule has 0 radical (unpaired) electrons. The predicted molar refractivity (Wildman–Crippen MR) is 106 cm³/mol. The number of thiophene rings is 1. The van der Waals surface area contributed by atoms with Gasteiger partial charge in [0.05, 0.1) is 13.1 Å². The fourth-order valence-electron chi connectivity index (χ4n) is 3.13. The minimum atomic E-state index is -0.268. The van der Waals surface area contributed by atoms with Crippen molar-refractivity contribution in [2.24, 2.45) is 0 Å². The number of hydrogen-bond acceptors (Lipinski definition) is 4. The third-order valence-corrected chi connectivity index (χ3v) is 6.14. The summed E-state index contributed by atoms with van der Waals surface area (Å²) in [5, 5.41) is 8.18. The number of nitrogens with one attached hydrogen (secondary N) is 2. The Morgan fingerprint density at radius 2 is 2.12 bits per heavy atom. The van der Waals surface area contributed by atoms with Gasteiger partial charge in [0.25, 0.3) is 0 Å². The Morgan fingerprint density at radius 1 is 1.31 bits per heavy atom. The van der Waals surface area contributed by atoms with E-state index in [0.717, 1.165) is 18.5 Å². The van der Waals surface area contributed by atoms with Crippen molar-refractivity contribution < 1.29 is 9.59 Å². The molecule has 5 nitrogen and oxygen atoms in total. The van der Waals surface area contributed by atoms with Crippen LogP contribution in [0.3, 0.4) is 0 Å². The summed E-state index contributed by atoms with van der Waals surface area (Å²) in [6.45, 7) is 5.05. The number of amides is 2. The van der Waals surface area contributed by atoms with Crippen LogP contribution in [0.4, 0.5) is 5.69 Å². The van der Waals surface area contributed by atoms with Gasteiger partial charge in [-0.15, -0.1) is 11.3 Å². The van der Waals surface area contributed by atoms with Gasteiger partial charge in [0, 0.05) is 28.2 Å². The van der Waals surface area contributed by atoms with Gasteiger partial charge >= 0.3 is 0 Å². The van der Waals surface area contributed by atoms with E-state index in [2.05, 4.69) is 33.9 Å². The molecule has 138 valence electrons. The van der Waals surface area contributed by atoms with Crippen LogP contribution in [0.5, 0.6) is 0 Å². The van der Waals surface area contributed by atoms with E-state index in [1.54, 1.807) is 29.5 Å². The Morgan fingerprint density at radius 3 is 2.92 bits per heavy atom. The molecule has 1 atom stereocenters. The van der Waals surface area contributed by atoms with Gasteiger partial charge in [0.1, 0.15) is 0 Å². The van der Waals surface area contributed by atoms with Gasteiger partial charge in [0.15, 0.2) is 0 Å². The van der Waals surface area contributed by atoms with Crippen molar-refractivity contribution in [1.82, 2.24) is 10.2 Å². The minimum Gasteiger partial charge on any atom is -0.346 e. The van der Waals surface area contributed by atoms with Gasteiger partial charge in [-0.05, 0) is 55.0 Å². The summed E-state index contributed by atoms with van der Waals surface area (Å²) in [5.74, 6) is -0.413. The minimum absolute atomic E-state index is 0.0588. The highest BCUT2D eigenvalue weighted by atomic mass is 35.5. The highest BCUT2D eigenvalue weighted by Gasteiger charge is 2.26. The van der Waals surface area contributed by atoms with Gasteiger partial charge in [-0.25, -0.2) is 0 Å². The van der Waals surface area contributed by atoms with E-state index < -0.39 is 0 Å². The zero-order valence-electron chi connectivity index (χ0n) is 14.8. The van der Waals surface area contributed by atoms with Crippen LogP contribution in [0, 0.1) is 6.92 Å². The molecule has 2 amide bonds. The monoisotopic (exact) mass is 391 g/mol. The number of rotatable bonds is 5. The van der Waals surface area contributed by atoms with Gasteiger partial charge in [0.2, 0.25) is 11.8 Å². The Labute approximate surface area is 162 Å². The van der Waals surface area contributed by atoms with E-state index in [9.17, 15) is 9.59 Å². The summed E-state index contributed by atoms with van der Waals surface area (Å²) < 4.78 is 0. The summed E-state index contributed by atoms with van der Waals surface area (Å²) in [7, 11) is 0. The van der Waals surface area contributed by atoms with Crippen molar-refractivity contribution in [3.8, 4) is 0 Å². The summed E-state index contributed by atoms with van der Waals surface area (Å²) in [6.07, 6.45) is 0.971. The van der Waals surface area contributed by atoms with Crippen LogP contribution < -0.4 is 10.6 Å². The molecule has 7 heteroatoms. The van der Waals surface area contributed by atoms with Crippen molar-refractivity contribution in [2.75, 3.05) is 25.0 Å². The van der Waals surface area contributed by atoms with Crippen LogP contribution in [-0.2, 0) is 16.0 Å². The SMILES string of the molecule is Cc1c(Cl)cccc1NC(=O)CNC(=O)CN1CCc2sccc2C1C. The van der Waals surface area contributed by atoms with Crippen LogP contribution in [-0.4, -0.2) is 36.3 Å². The van der Waals surface area contributed by atoms with Crippen molar-refractivity contribution in [3.63, 3.8) is 0 Å². The molecular formula is C19H22ClN3O2S. The van der Waals surface area contributed by atoms with E-state index >= 15 is 0 Å². The predicted octanol–water partition coefficient (Wildman–Crippen LogP) is 3.38. The van der Waals surface area contributed by atoms with Crippen molar-refractivity contribution in [1.29, 1.82) is 0 Å². The summed E-state index contributed by atoms with van der Waals surface area (Å²) >= 11 is 7.83. The Hall–Kier alpha value is -1.89. The lowest BCUT2D eigenvalue weighted by molar-refractivity contribution is -0.125. The highest BCUT2D eigenvalue weighted by molar-refractivity contribution is 7.10. The molecule has 2 aromatic rings. The summed E-state index contributed by atoms with van der Waals surface area (Å²) in [6, 6.07) is 7.69. The molecule has 0 aliphatic carbocycles. The second-order valence-electron chi connectivity index (χ2n) is 6.43. The number of benzene rings is 1. The van der Waals surface area contributed by atoms with E-state index in [1.807, 2.05) is 6.92 Å². The number of nitrogens with zero attached hydrogens (tertiary/aromatic N) is 1. The smallest absolute Gasteiger partial charge is 0.243 e. The lowest BCUT2D eigenvalue weighted by Gasteiger charge is -2.32. The standard InChI is InChI=1S/C19H22ClN3O2S/c1-12-15(20)4-3-5-16(12)22-18(24)10-21-19(25)11-23-8-6-17-14(13(23)2)7-9-26-17/h3-5,7,9,13H,6,8,10-11H2,1-2H3,(H,21,25)(H,22,24). The first-order chi connectivity index (χ1) is 12.5. The van der Waals surface area contributed by atoms with Crippen LogP contribution in [0.25, 0.3) is 0 Å². The van der Waals surface area contributed by atoms with E-state index in [0.29, 0.717) is 17.3 Å². The molecule has 2 heterocycles. The maximum Gasteiger partial charge on any atom is 0.243 e.